The Labute approximate surface area is 126 Å². The van der Waals surface area contributed by atoms with E-state index in [-0.39, 0.29) is 16.9 Å². The number of aliphatic hydroxyl groups is 1. The van der Waals surface area contributed by atoms with Crippen molar-refractivity contribution < 1.29 is 13.5 Å². The number of hydrogen-bond donors (Lipinski definition) is 1. The molecule has 3 rings (SSSR count). The van der Waals surface area contributed by atoms with Gasteiger partial charge in [0.1, 0.15) is 4.90 Å². The minimum absolute atomic E-state index is 0.0720. The molecular formula is C15H22N2O3S. The van der Waals surface area contributed by atoms with Crippen LogP contribution in [0, 0.1) is 11.3 Å². The van der Waals surface area contributed by atoms with Crippen molar-refractivity contribution in [3.05, 3.63) is 24.5 Å². The molecule has 0 unspecified atom stereocenters. The lowest BCUT2D eigenvalue weighted by molar-refractivity contribution is 0.0514. The Morgan fingerprint density at radius 1 is 1.43 bits per heavy atom. The van der Waals surface area contributed by atoms with Gasteiger partial charge in [-0.25, -0.2) is 8.42 Å². The van der Waals surface area contributed by atoms with Gasteiger partial charge in [-0.2, -0.15) is 4.31 Å². The molecule has 0 spiro atoms. The molecule has 1 aromatic heterocycles. The molecule has 116 valence electrons. The molecule has 0 aromatic carbocycles. The molecule has 0 amide bonds. The molecular weight excluding hydrogens is 288 g/mol. The largest absolute Gasteiger partial charge is 0.396 e. The van der Waals surface area contributed by atoms with Crippen LogP contribution in [0.1, 0.15) is 32.1 Å². The van der Waals surface area contributed by atoms with E-state index in [0.29, 0.717) is 19.0 Å². The number of rotatable bonds is 5. The summed E-state index contributed by atoms with van der Waals surface area (Å²) in [6.45, 7) is 1.03. The van der Waals surface area contributed by atoms with Crippen molar-refractivity contribution in [2.24, 2.45) is 11.3 Å². The molecule has 1 aliphatic carbocycles. The molecule has 0 radical (unpaired) electrons. The van der Waals surface area contributed by atoms with Crippen molar-refractivity contribution in [3.63, 3.8) is 0 Å². The van der Waals surface area contributed by atoms with E-state index in [4.69, 9.17) is 0 Å². The van der Waals surface area contributed by atoms with Gasteiger partial charge in [-0.1, -0.05) is 12.8 Å². The molecule has 2 aliphatic rings. The molecule has 2 fully saturated rings. The van der Waals surface area contributed by atoms with Crippen LogP contribution in [0.25, 0.3) is 0 Å². The molecule has 1 saturated heterocycles. The van der Waals surface area contributed by atoms with Crippen LogP contribution in [0.3, 0.4) is 0 Å². The van der Waals surface area contributed by atoms with Gasteiger partial charge in [0.25, 0.3) is 0 Å². The topological polar surface area (TPSA) is 70.5 Å². The summed E-state index contributed by atoms with van der Waals surface area (Å²) in [5.74, 6) is 0.679. The first-order chi connectivity index (χ1) is 10.1. The SMILES string of the molecule is O=S(=O)(c1cccnc1)N1CCC[C@](CO)(CC2CC2)C1. The average molecular weight is 310 g/mol. The molecule has 6 heteroatoms. The maximum absolute atomic E-state index is 12.7. The summed E-state index contributed by atoms with van der Waals surface area (Å²) >= 11 is 0. The normalized spacial score (nSPS) is 27.7. The van der Waals surface area contributed by atoms with Crippen LogP contribution in [0.5, 0.6) is 0 Å². The Kier molecular flexibility index (Phi) is 4.03. The minimum atomic E-state index is -3.50. The summed E-state index contributed by atoms with van der Waals surface area (Å²) in [5, 5.41) is 9.84. The molecule has 1 saturated carbocycles. The van der Waals surface area contributed by atoms with E-state index in [1.807, 2.05) is 0 Å². The van der Waals surface area contributed by atoms with Gasteiger partial charge in [0, 0.05) is 37.5 Å². The van der Waals surface area contributed by atoms with E-state index < -0.39 is 10.0 Å². The van der Waals surface area contributed by atoms with Gasteiger partial charge in [0.2, 0.25) is 10.0 Å². The summed E-state index contributed by atoms with van der Waals surface area (Å²) in [7, 11) is -3.50. The van der Waals surface area contributed by atoms with Gasteiger partial charge in [-0.05, 0) is 37.3 Å². The molecule has 1 atom stereocenters. The van der Waals surface area contributed by atoms with Crippen LogP contribution in [0.2, 0.25) is 0 Å². The Balaban J connectivity index is 1.81. The second kappa shape index (κ2) is 5.66. The highest BCUT2D eigenvalue weighted by Crippen LogP contribution is 2.45. The van der Waals surface area contributed by atoms with Gasteiger partial charge in [-0.3, -0.25) is 4.98 Å². The lowest BCUT2D eigenvalue weighted by Gasteiger charge is -2.41. The first kappa shape index (κ1) is 14.9. The zero-order valence-electron chi connectivity index (χ0n) is 12.1. The standard InChI is InChI=1S/C15H22N2O3S/c18-12-15(9-13-4-5-13)6-2-8-17(11-15)21(19,20)14-3-1-7-16-10-14/h1,3,7,10,13,18H,2,4-6,8-9,11-12H2/t15-/m0/s1. The van der Waals surface area contributed by atoms with Crippen LogP contribution in [0.15, 0.2) is 29.4 Å². The average Bonchev–Trinajstić information content (AvgIpc) is 3.32. The first-order valence-electron chi connectivity index (χ1n) is 7.57. The van der Waals surface area contributed by atoms with E-state index >= 15 is 0 Å². The summed E-state index contributed by atoms with van der Waals surface area (Å²) < 4.78 is 26.9. The number of hydrogen-bond acceptors (Lipinski definition) is 4. The molecule has 1 N–H and O–H groups in total. The molecule has 0 bridgehead atoms. The van der Waals surface area contributed by atoms with E-state index in [0.717, 1.165) is 19.3 Å². The third-order valence-electron chi connectivity index (χ3n) is 4.65. The summed E-state index contributed by atoms with van der Waals surface area (Å²) in [5.41, 5.74) is -0.255. The van der Waals surface area contributed by atoms with E-state index in [1.54, 1.807) is 18.3 Å². The minimum Gasteiger partial charge on any atom is -0.396 e. The predicted octanol–water partition coefficient (Wildman–Crippen LogP) is 1.64. The van der Waals surface area contributed by atoms with Crippen LogP contribution < -0.4 is 0 Å². The number of sulfonamides is 1. The van der Waals surface area contributed by atoms with Crippen LogP contribution in [-0.4, -0.2) is 42.5 Å². The van der Waals surface area contributed by atoms with E-state index in [1.165, 1.54) is 23.3 Å². The number of aliphatic hydroxyl groups excluding tert-OH is 1. The highest BCUT2D eigenvalue weighted by molar-refractivity contribution is 7.89. The van der Waals surface area contributed by atoms with Crippen molar-refractivity contribution >= 4 is 10.0 Å². The lowest BCUT2D eigenvalue weighted by Crippen LogP contribution is -2.48. The smallest absolute Gasteiger partial charge is 0.244 e. The fraction of sp³-hybridized carbons (Fsp3) is 0.667. The van der Waals surface area contributed by atoms with Gasteiger partial charge in [-0.15, -0.1) is 0 Å². The van der Waals surface area contributed by atoms with Crippen molar-refractivity contribution in [1.82, 2.24) is 9.29 Å². The Hall–Kier alpha value is -0.980. The third kappa shape index (κ3) is 3.12. The summed E-state index contributed by atoms with van der Waals surface area (Å²) in [4.78, 5) is 4.15. The Bertz CT molecular complexity index is 586. The van der Waals surface area contributed by atoms with E-state index in [9.17, 15) is 13.5 Å². The van der Waals surface area contributed by atoms with Gasteiger partial charge in [0.15, 0.2) is 0 Å². The number of piperidine rings is 1. The van der Waals surface area contributed by atoms with Crippen LogP contribution >= 0.6 is 0 Å². The quantitative estimate of drug-likeness (QED) is 0.897. The fourth-order valence-electron chi connectivity index (χ4n) is 3.31. The second-order valence-electron chi connectivity index (χ2n) is 6.44. The summed E-state index contributed by atoms with van der Waals surface area (Å²) in [6, 6.07) is 3.22. The highest BCUT2D eigenvalue weighted by Gasteiger charge is 2.42. The van der Waals surface area contributed by atoms with Gasteiger partial charge in [0.05, 0.1) is 0 Å². The second-order valence-corrected chi connectivity index (χ2v) is 8.37. The Morgan fingerprint density at radius 2 is 2.24 bits per heavy atom. The highest BCUT2D eigenvalue weighted by atomic mass is 32.2. The van der Waals surface area contributed by atoms with Crippen molar-refractivity contribution in [2.45, 2.75) is 37.0 Å². The Morgan fingerprint density at radius 3 is 2.86 bits per heavy atom. The number of pyridine rings is 1. The number of aromatic nitrogens is 1. The molecule has 5 nitrogen and oxygen atoms in total. The molecule has 1 aliphatic heterocycles. The molecule has 21 heavy (non-hydrogen) atoms. The first-order valence-corrected chi connectivity index (χ1v) is 9.01. The number of nitrogens with zero attached hydrogens (tertiary/aromatic N) is 2. The zero-order chi connectivity index (χ0) is 14.9. The zero-order valence-corrected chi connectivity index (χ0v) is 12.9. The van der Waals surface area contributed by atoms with Gasteiger partial charge >= 0.3 is 0 Å². The maximum atomic E-state index is 12.7. The monoisotopic (exact) mass is 310 g/mol. The third-order valence-corrected chi connectivity index (χ3v) is 6.48. The van der Waals surface area contributed by atoms with E-state index in [2.05, 4.69) is 4.98 Å². The van der Waals surface area contributed by atoms with Gasteiger partial charge < -0.3 is 5.11 Å². The fourth-order valence-corrected chi connectivity index (χ4v) is 4.87. The summed E-state index contributed by atoms with van der Waals surface area (Å²) in [6.07, 6.45) is 8.08. The van der Waals surface area contributed by atoms with Crippen molar-refractivity contribution in [1.29, 1.82) is 0 Å². The predicted molar refractivity (Wildman–Crippen MR) is 79.1 cm³/mol. The van der Waals surface area contributed by atoms with Crippen LogP contribution in [0.4, 0.5) is 0 Å². The van der Waals surface area contributed by atoms with Crippen LogP contribution in [-0.2, 0) is 10.0 Å². The molecule has 2 heterocycles. The van der Waals surface area contributed by atoms with Crippen molar-refractivity contribution in [3.8, 4) is 0 Å². The lowest BCUT2D eigenvalue weighted by atomic mass is 9.77. The van der Waals surface area contributed by atoms with Crippen molar-refractivity contribution in [2.75, 3.05) is 19.7 Å². The molecule has 1 aromatic rings. The maximum Gasteiger partial charge on any atom is 0.244 e.